The van der Waals surface area contributed by atoms with Crippen molar-refractivity contribution in [3.63, 3.8) is 0 Å². The Kier molecular flexibility index (Phi) is 4.34. The van der Waals surface area contributed by atoms with E-state index in [-0.39, 0.29) is 0 Å². The Labute approximate surface area is 127 Å². The van der Waals surface area contributed by atoms with Crippen molar-refractivity contribution >= 4 is 11.6 Å². The van der Waals surface area contributed by atoms with Gasteiger partial charge in [-0.25, -0.2) is 0 Å². The fraction of sp³-hybridized carbons (Fsp3) is 0.647. The summed E-state index contributed by atoms with van der Waals surface area (Å²) in [5.74, 6) is 0. The molecule has 0 amide bonds. The van der Waals surface area contributed by atoms with Gasteiger partial charge in [0.1, 0.15) is 0 Å². The summed E-state index contributed by atoms with van der Waals surface area (Å²) in [6, 6.07) is 8.80. The highest BCUT2D eigenvalue weighted by molar-refractivity contribution is 6.30. The van der Waals surface area contributed by atoms with Crippen molar-refractivity contribution in [1.29, 1.82) is 0 Å². The Morgan fingerprint density at radius 2 is 1.85 bits per heavy atom. The second-order valence-corrected chi connectivity index (χ2v) is 6.72. The quantitative estimate of drug-likeness (QED) is 0.902. The minimum atomic E-state index is 0.302. The molecule has 20 heavy (non-hydrogen) atoms. The second-order valence-electron chi connectivity index (χ2n) is 6.28. The molecule has 3 heteroatoms. The Bertz CT molecular complexity index is 448. The van der Waals surface area contributed by atoms with Crippen molar-refractivity contribution in [3.8, 4) is 0 Å². The number of hydrogen-bond acceptors (Lipinski definition) is 2. The van der Waals surface area contributed by atoms with Crippen molar-refractivity contribution in [3.05, 3.63) is 34.9 Å². The van der Waals surface area contributed by atoms with Crippen molar-refractivity contribution in [2.45, 2.75) is 50.1 Å². The lowest BCUT2D eigenvalue weighted by molar-refractivity contribution is 0.0796. The first-order chi connectivity index (χ1) is 9.76. The van der Waals surface area contributed by atoms with Crippen LogP contribution in [-0.2, 0) is 0 Å². The summed E-state index contributed by atoms with van der Waals surface area (Å²) in [4.78, 5) is 2.75. The van der Waals surface area contributed by atoms with Gasteiger partial charge in [-0.05, 0) is 63.5 Å². The zero-order valence-corrected chi connectivity index (χ0v) is 13.1. The van der Waals surface area contributed by atoms with Gasteiger partial charge in [0.15, 0.2) is 0 Å². The number of hydrogen-bond donors (Lipinski definition) is 1. The lowest BCUT2D eigenvalue weighted by atomic mass is 9.82. The first-order valence-corrected chi connectivity index (χ1v) is 8.32. The largest absolute Gasteiger partial charge is 0.311 e. The van der Waals surface area contributed by atoms with Crippen LogP contribution in [0.5, 0.6) is 0 Å². The van der Waals surface area contributed by atoms with Crippen LogP contribution in [0.3, 0.4) is 0 Å². The Hall–Kier alpha value is -0.570. The number of halogens is 1. The van der Waals surface area contributed by atoms with E-state index in [4.69, 9.17) is 11.6 Å². The third-order valence-electron chi connectivity index (χ3n) is 5.21. The van der Waals surface area contributed by atoms with Gasteiger partial charge in [-0.1, -0.05) is 36.6 Å². The molecule has 1 saturated heterocycles. The molecule has 1 aromatic rings. The molecule has 1 atom stereocenters. The molecule has 1 N–H and O–H groups in total. The summed E-state index contributed by atoms with van der Waals surface area (Å²) in [5.41, 5.74) is 1.64. The van der Waals surface area contributed by atoms with Crippen LogP contribution in [0, 0.1) is 0 Å². The normalized spacial score (nSPS) is 24.1. The molecule has 2 nitrogen and oxygen atoms in total. The summed E-state index contributed by atoms with van der Waals surface area (Å²) in [6.45, 7) is 2.53. The van der Waals surface area contributed by atoms with Gasteiger partial charge in [0.05, 0.1) is 6.04 Å². The fourth-order valence-corrected chi connectivity index (χ4v) is 4.57. The maximum absolute atomic E-state index is 6.22. The highest BCUT2D eigenvalue weighted by atomic mass is 35.5. The Morgan fingerprint density at radius 3 is 2.45 bits per heavy atom. The lowest BCUT2D eigenvalue weighted by Gasteiger charge is -2.45. The average Bonchev–Trinajstić information content (AvgIpc) is 3.11. The third kappa shape index (κ3) is 2.49. The summed E-state index contributed by atoms with van der Waals surface area (Å²) in [7, 11) is 2.10. The van der Waals surface area contributed by atoms with Crippen LogP contribution in [-0.4, -0.2) is 30.6 Å². The van der Waals surface area contributed by atoms with Gasteiger partial charge in [-0.15, -0.1) is 0 Å². The van der Waals surface area contributed by atoms with Crippen molar-refractivity contribution in [1.82, 2.24) is 10.2 Å². The van der Waals surface area contributed by atoms with Crippen LogP contribution < -0.4 is 5.32 Å². The average molecular weight is 293 g/mol. The third-order valence-corrected chi connectivity index (χ3v) is 5.45. The molecule has 110 valence electrons. The van der Waals surface area contributed by atoms with Crippen molar-refractivity contribution in [2.75, 3.05) is 20.1 Å². The molecule has 3 rings (SSSR count). The molecule has 0 spiro atoms. The number of nitrogens with one attached hydrogen (secondary N) is 1. The molecule has 2 aliphatic rings. The Morgan fingerprint density at radius 1 is 1.15 bits per heavy atom. The van der Waals surface area contributed by atoms with Gasteiger partial charge in [0.2, 0.25) is 0 Å². The standard InChI is InChI=1S/C17H25ClN2/c1-19-16(14-7-6-8-15(18)13-14)17(9-2-3-10-17)20-11-4-5-12-20/h6-8,13,16,19H,2-5,9-12H2,1H3. The van der Waals surface area contributed by atoms with Crippen molar-refractivity contribution < 1.29 is 0 Å². The zero-order valence-electron chi connectivity index (χ0n) is 12.4. The van der Waals surface area contributed by atoms with Gasteiger partial charge in [0.25, 0.3) is 0 Å². The first-order valence-electron chi connectivity index (χ1n) is 7.94. The number of likely N-dealkylation sites (N-methyl/N-ethyl adjacent to an activating group) is 1. The molecule has 0 aromatic heterocycles. The molecular weight excluding hydrogens is 268 g/mol. The summed E-state index contributed by atoms with van der Waals surface area (Å²) >= 11 is 6.22. The predicted molar refractivity (Wildman–Crippen MR) is 85.3 cm³/mol. The lowest BCUT2D eigenvalue weighted by Crippen LogP contribution is -2.53. The fourth-order valence-electron chi connectivity index (χ4n) is 4.37. The summed E-state index contributed by atoms with van der Waals surface area (Å²) in [5, 5.41) is 4.45. The second kappa shape index (κ2) is 6.05. The van der Waals surface area contributed by atoms with E-state index in [1.807, 2.05) is 6.07 Å². The first kappa shape index (κ1) is 14.4. The molecule has 1 heterocycles. The van der Waals surface area contributed by atoms with E-state index in [1.54, 1.807) is 0 Å². The smallest absolute Gasteiger partial charge is 0.0505 e. The van der Waals surface area contributed by atoms with Crippen LogP contribution in [0.2, 0.25) is 5.02 Å². The van der Waals surface area contributed by atoms with Crippen LogP contribution in [0.4, 0.5) is 0 Å². The summed E-state index contributed by atoms with van der Waals surface area (Å²) in [6.07, 6.45) is 8.04. The van der Waals surface area contributed by atoms with E-state index in [1.165, 1.54) is 57.2 Å². The number of benzene rings is 1. The molecule has 0 radical (unpaired) electrons. The molecule has 1 aliphatic carbocycles. The van der Waals surface area contributed by atoms with E-state index in [9.17, 15) is 0 Å². The van der Waals surface area contributed by atoms with E-state index >= 15 is 0 Å². The van der Waals surface area contributed by atoms with Crippen LogP contribution >= 0.6 is 11.6 Å². The van der Waals surface area contributed by atoms with Crippen molar-refractivity contribution in [2.24, 2.45) is 0 Å². The summed E-state index contributed by atoms with van der Waals surface area (Å²) < 4.78 is 0. The van der Waals surface area contributed by atoms with Gasteiger partial charge in [-0.3, -0.25) is 4.90 Å². The molecule has 2 fully saturated rings. The molecule has 1 saturated carbocycles. The monoisotopic (exact) mass is 292 g/mol. The number of likely N-dealkylation sites (tertiary alicyclic amines) is 1. The van der Waals surface area contributed by atoms with Gasteiger partial charge >= 0.3 is 0 Å². The van der Waals surface area contributed by atoms with E-state index in [0.717, 1.165) is 5.02 Å². The number of rotatable bonds is 4. The molecule has 1 aromatic carbocycles. The van der Waals surface area contributed by atoms with Gasteiger partial charge in [-0.2, -0.15) is 0 Å². The minimum Gasteiger partial charge on any atom is -0.311 e. The Balaban J connectivity index is 1.95. The number of nitrogens with zero attached hydrogens (tertiary/aromatic N) is 1. The topological polar surface area (TPSA) is 15.3 Å². The minimum absolute atomic E-state index is 0.302. The van der Waals surface area contributed by atoms with Crippen LogP contribution in [0.1, 0.15) is 50.1 Å². The highest BCUT2D eigenvalue weighted by Gasteiger charge is 2.46. The SMILES string of the molecule is CNC(c1cccc(Cl)c1)C1(N2CCCC2)CCCC1. The van der Waals surface area contributed by atoms with Gasteiger partial charge < -0.3 is 5.32 Å². The van der Waals surface area contributed by atoms with Crippen LogP contribution in [0.25, 0.3) is 0 Å². The van der Waals surface area contributed by atoms with E-state index in [2.05, 4.69) is 35.5 Å². The van der Waals surface area contributed by atoms with Gasteiger partial charge in [0, 0.05) is 10.6 Å². The molecule has 1 aliphatic heterocycles. The van der Waals surface area contributed by atoms with E-state index < -0.39 is 0 Å². The maximum atomic E-state index is 6.22. The predicted octanol–water partition coefficient (Wildman–Crippen LogP) is 4.01. The molecule has 0 bridgehead atoms. The molecular formula is C17H25ClN2. The zero-order chi connectivity index (χ0) is 14.0. The molecule has 1 unspecified atom stereocenters. The maximum Gasteiger partial charge on any atom is 0.0505 e. The van der Waals surface area contributed by atoms with Crippen LogP contribution in [0.15, 0.2) is 24.3 Å². The highest BCUT2D eigenvalue weighted by Crippen LogP contribution is 2.46. The van der Waals surface area contributed by atoms with E-state index in [0.29, 0.717) is 11.6 Å².